The molecule has 2 radical (unpaired) electrons. The predicted molar refractivity (Wildman–Crippen MR) is 6.44 cm³/mol. The van der Waals surface area contributed by atoms with E-state index in [0.29, 0.717) is 0 Å². The SMILES string of the molecule is [K].[Mn].[Ni].[O]=[Co]. The van der Waals surface area contributed by atoms with Gasteiger partial charge in [-0.25, -0.2) is 0 Å². The van der Waals surface area contributed by atoms with Crippen LogP contribution in [0.15, 0.2) is 0 Å². The molecule has 0 aliphatic carbocycles. The quantitative estimate of drug-likeness (QED) is 0.510. The summed E-state index contributed by atoms with van der Waals surface area (Å²) in [6.45, 7) is 0. The van der Waals surface area contributed by atoms with E-state index in [4.69, 9.17) is 3.87 Å². The van der Waals surface area contributed by atoms with Crippen LogP contribution in [0.3, 0.4) is 0 Å². The summed E-state index contributed by atoms with van der Waals surface area (Å²) in [6.07, 6.45) is 0. The standard InChI is InChI=1S/Co.K.Mn.Ni.O. The molecular formula is CoKMnNiO. The van der Waals surface area contributed by atoms with Gasteiger partial charge in [0.1, 0.15) is 0 Å². The molecule has 33 valence electrons. The minimum absolute atomic E-state index is 0. The second kappa shape index (κ2) is 28.2. The second-order valence-corrected chi connectivity index (χ2v) is 0. The van der Waals surface area contributed by atoms with Crippen LogP contribution in [0.25, 0.3) is 0 Å². The molecule has 0 unspecified atom stereocenters. The Bertz CT molecular complexity index is 11.6. The van der Waals surface area contributed by atoms with E-state index in [1.807, 2.05) is 0 Å². The van der Waals surface area contributed by atoms with Crippen LogP contribution in [0.4, 0.5) is 0 Å². The molecule has 0 aromatic carbocycles. The third kappa shape index (κ3) is 19.6. The summed E-state index contributed by atoms with van der Waals surface area (Å²) >= 11 is 2.31. The molecule has 0 atom stereocenters. The van der Waals surface area contributed by atoms with Crippen LogP contribution in [0.1, 0.15) is 0 Å². The van der Waals surface area contributed by atoms with E-state index in [9.17, 15) is 0 Å². The van der Waals surface area contributed by atoms with Gasteiger partial charge < -0.3 is 0 Å². The summed E-state index contributed by atoms with van der Waals surface area (Å²) in [5.41, 5.74) is 0. The molecule has 0 bridgehead atoms. The Morgan fingerprint density at radius 3 is 1.20 bits per heavy atom. The molecule has 0 amide bonds. The Morgan fingerprint density at radius 1 is 1.20 bits per heavy atom. The maximum absolute atomic E-state index is 7.94. The first kappa shape index (κ1) is 24.6. The van der Waals surface area contributed by atoms with Crippen molar-refractivity contribution in [2.75, 3.05) is 0 Å². The van der Waals surface area contributed by atoms with Gasteiger partial charge >= 0.3 is 19.5 Å². The number of hydrogen-bond acceptors (Lipinski definition) is 1. The first-order chi connectivity index (χ1) is 1.00. The molecule has 0 fully saturated rings. The summed E-state index contributed by atoms with van der Waals surface area (Å²) in [6, 6.07) is 0. The molecule has 0 spiro atoms. The molecule has 0 heterocycles. The van der Waals surface area contributed by atoms with Crippen molar-refractivity contribution in [1.82, 2.24) is 0 Å². The molecule has 0 aromatic heterocycles. The third-order valence-corrected chi connectivity index (χ3v) is 0. The summed E-state index contributed by atoms with van der Waals surface area (Å²) in [5, 5.41) is 0. The van der Waals surface area contributed by atoms with Gasteiger partial charge in [0, 0.05) is 84.9 Å². The Labute approximate surface area is 102 Å². The molecule has 1 nitrogen and oxygen atoms in total. The fourth-order valence-corrected chi connectivity index (χ4v) is 0. The van der Waals surface area contributed by atoms with Crippen LogP contribution in [-0.4, -0.2) is 51.4 Å². The summed E-state index contributed by atoms with van der Waals surface area (Å²) in [7, 11) is 0. The van der Waals surface area contributed by atoms with Gasteiger partial charge in [0.05, 0.1) is 0 Å². The van der Waals surface area contributed by atoms with Crippen molar-refractivity contribution in [3.8, 4) is 0 Å². The van der Waals surface area contributed by atoms with E-state index in [2.05, 4.69) is 15.7 Å². The fraction of sp³-hybridized carbons (Fsp3) is 0. The van der Waals surface area contributed by atoms with Crippen molar-refractivity contribution in [3.63, 3.8) is 0 Å². The molecular weight excluding hydrogens is 228 g/mol. The van der Waals surface area contributed by atoms with E-state index in [1.54, 1.807) is 0 Å². The Kier molecular flexibility index (Phi) is 139. The molecule has 0 aliphatic rings. The van der Waals surface area contributed by atoms with E-state index >= 15 is 0 Å². The molecule has 0 saturated carbocycles. The van der Waals surface area contributed by atoms with Crippen molar-refractivity contribution < 1.29 is 53.1 Å². The van der Waals surface area contributed by atoms with Gasteiger partial charge in [0.25, 0.3) is 0 Å². The Hall–Kier alpha value is 2.96. The monoisotopic (exact) mass is 227 g/mol. The molecule has 0 saturated heterocycles. The first-order valence-corrected chi connectivity index (χ1v) is 0.561. The first-order valence-electron chi connectivity index (χ1n) is 0.136. The van der Waals surface area contributed by atoms with Gasteiger partial charge in [-0.15, -0.1) is 0 Å². The van der Waals surface area contributed by atoms with Crippen molar-refractivity contribution in [2.24, 2.45) is 0 Å². The zero-order valence-electron chi connectivity index (χ0n) is 2.44. The van der Waals surface area contributed by atoms with Crippen molar-refractivity contribution in [1.29, 1.82) is 0 Å². The van der Waals surface area contributed by atoms with Crippen LogP contribution in [0.5, 0.6) is 0 Å². The molecule has 0 N–H and O–H groups in total. The Balaban J connectivity index is -0.00000000167. The summed E-state index contributed by atoms with van der Waals surface area (Å²) in [4.78, 5) is 0. The minimum atomic E-state index is 0. The van der Waals surface area contributed by atoms with E-state index in [-0.39, 0.29) is 84.9 Å². The van der Waals surface area contributed by atoms with Gasteiger partial charge in [-0.1, -0.05) is 0 Å². The van der Waals surface area contributed by atoms with Crippen molar-refractivity contribution >= 4 is 51.4 Å². The summed E-state index contributed by atoms with van der Waals surface area (Å²) in [5.74, 6) is 0. The number of hydrogen-bond donors (Lipinski definition) is 0. The molecule has 0 rings (SSSR count). The van der Waals surface area contributed by atoms with Crippen LogP contribution < -0.4 is 0 Å². The van der Waals surface area contributed by atoms with Gasteiger partial charge in [0.15, 0.2) is 0 Å². The van der Waals surface area contributed by atoms with Crippen LogP contribution >= 0.6 is 0 Å². The second-order valence-electron chi connectivity index (χ2n) is 0. The van der Waals surface area contributed by atoms with Gasteiger partial charge in [-0.05, 0) is 0 Å². The maximum atomic E-state index is 7.94. The van der Waals surface area contributed by atoms with E-state index in [1.165, 1.54) is 0 Å². The van der Waals surface area contributed by atoms with Crippen LogP contribution in [0, 0.1) is 0 Å². The van der Waals surface area contributed by atoms with Crippen molar-refractivity contribution in [3.05, 3.63) is 0 Å². The average Bonchev–Trinajstić information content (AvgIpc) is 1.00. The predicted octanol–water partition coefficient (Wildman–Crippen LogP) is -0.507. The zero-order valence-corrected chi connectivity index (χ0v) is 8.77. The average molecular weight is 228 g/mol. The summed E-state index contributed by atoms with van der Waals surface area (Å²) < 4.78 is 7.94. The number of rotatable bonds is 0. The molecule has 5 heavy (non-hydrogen) atoms. The zero-order chi connectivity index (χ0) is 2.00. The van der Waals surface area contributed by atoms with E-state index < -0.39 is 0 Å². The van der Waals surface area contributed by atoms with Gasteiger partial charge in [0.2, 0.25) is 0 Å². The molecule has 5 heteroatoms. The fourth-order valence-electron chi connectivity index (χ4n) is 0. The Morgan fingerprint density at radius 2 is 1.20 bits per heavy atom. The van der Waals surface area contributed by atoms with E-state index in [0.717, 1.165) is 0 Å². The van der Waals surface area contributed by atoms with Crippen LogP contribution in [0.2, 0.25) is 0 Å². The third-order valence-electron chi connectivity index (χ3n) is 0. The van der Waals surface area contributed by atoms with Crippen LogP contribution in [-0.2, 0) is 53.1 Å². The topological polar surface area (TPSA) is 17.1 Å². The normalized spacial score (nSPS) is 1.00. The van der Waals surface area contributed by atoms with Gasteiger partial charge in [-0.3, -0.25) is 0 Å². The molecule has 0 aliphatic heterocycles. The molecule has 0 aromatic rings. The van der Waals surface area contributed by atoms with Gasteiger partial charge in [-0.2, -0.15) is 0 Å². The van der Waals surface area contributed by atoms with Crippen molar-refractivity contribution in [2.45, 2.75) is 0 Å².